The molecular formula is C16H26N2O6S. The number of hydrogen-bond donors (Lipinski definition) is 4. The lowest BCUT2D eigenvalue weighted by Gasteiger charge is -2.13. The molecule has 0 aliphatic heterocycles. The predicted molar refractivity (Wildman–Crippen MR) is 94.5 cm³/mol. The Morgan fingerprint density at radius 3 is 2.56 bits per heavy atom. The van der Waals surface area contributed by atoms with Crippen molar-refractivity contribution in [3.8, 4) is 0 Å². The lowest BCUT2D eigenvalue weighted by Crippen LogP contribution is -2.25. The van der Waals surface area contributed by atoms with Crippen molar-refractivity contribution in [1.29, 1.82) is 0 Å². The van der Waals surface area contributed by atoms with Crippen molar-refractivity contribution in [1.82, 2.24) is 4.72 Å². The SMILES string of the molecule is CC(C)OCCCNc1ccc(S(=O)(=O)NCCCO)cc1C(=O)O. The van der Waals surface area contributed by atoms with E-state index in [2.05, 4.69) is 10.0 Å². The number of carboxylic acid groups (broad SMARTS) is 1. The summed E-state index contributed by atoms with van der Waals surface area (Å²) in [4.78, 5) is 11.3. The van der Waals surface area contributed by atoms with Gasteiger partial charge < -0.3 is 20.3 Å². The minimum Gasteiger partial charge on any atom is -0.478 e. The monoisotopic (exact) mass is 374 g/mol. The number of anilines is 1. The molecule has 0 aromatic heterocycles. The van der Waals surface area contributed by atoms with Crippen molar-refractivity contribution in [2.75, 3.05) is 31.6 Å². The molecule has 0 aliphatic rings. The zero-order valence-corrected chi connectivity index (χ0v) is 15.3. The molecule has 0 aliphatic carbocycles. The second kappa shape index (κ2) is 10.3. The highest BCUT2D eigenvalue weighted by atomic mass is 32.2. The van der Waals surface area contributed by atoms with E-state index in [0.29, 0.717) is 25.3 Å². The van der Waals surface area contributed by atoms with Crippen LogP contribution in [0.25, 0.3) is 0 Å². The van der Waals surface area contributed by atoms with Crippen molar-refractivity contribution in [2.45, 2.75) is 37.7 Å². The van der Waals surface area contributed by atoms with Crippen LogP contribution >= 0.6 is 0 Å². The molecule has 0 atom stereocenters. The van der Waals surface area contributed by atoms with Crippen LogP contribution in [-0.2, 0) is 14.8 Å². The lowest BCUT2D eigenvalue weighted by molar-refractivity contribution is 0.0697. The number of carboxylic acids is 1. The predicted octanol–water partition coefficient (Wildman–Crippen LogP) is 1.27. The summed E-state index contributed by atoms with van der Waals surface area (Å²) in [5.74, 6) is -1.21. The number of rotatable bonds is 12. The molecule has 0 radical (unpaired) electrons. The summed E-state index contributed by atoms with van der Waals surface area (Å²) in [7, 11) is -3.82. The van der Waals surface area contributed by atoms with Gasteiger partial charge in [-0.3, -0.25) is 0 Å². The molecule has 142 valence electrons. The molecule has 0 bridgehead atoms. The zero-order chi connectivity index (χ0) is 18.9. The third kappa shape index (κ3) is 7.39. The van der Waals surface area contributed by atoms with Crippen LogP contribution in [0, 0.1) is 0 Å². The number of sulfonamides is 1. The van der Waals surface area contributed by atoms with E-state index in [4.69, 9.17) is 9.84 Å². The van der Waals surface area contributed by atoms with Gasteiger partial charge in [0.15, 0.2) is 0 Å². The van der Waals surface area contributed by atoms with E-state index in [0.717, 1.165) is 6.07 Å². The largest absolute Gasteiger partial charge is 0.478 e. The van der Waals surface area contributed by atoms with Gasteiger partial charge in [0.2, 0.25) is 10.0 Å². The molecule has 0 amide bonds. The van der Waals surface area contributed by atoms with Crippen LogP contribution in [0.15, 0.2) is 23.1 Å². The molecule has 0 unspecified atom stereocenters. The maximum Gasteiger partial charge on any atom is 0.337 e. The first-order valence-corrected chi connectivity index (χ1v) is 9.59. The Bertz CT molecular complexity index is 661. The van der Waals surface area contributed by atoms with Gasteiger partial charge in [0.1, 0.15) is 0 Å². The average Bonchev–Trinajstić information content (AvgIpc) is 2.54. The van der Waals surface area contributed by atoms with E-state index in [-0.39, 0.29) is 36.1 Å². The molecule has 1 rings (SSSR count). The van der Waals surface area contributed by atoms with Crippen LogP contribution in [0.4, 0.5) is 5.69 Å². The molecule has 0 spiro atoms. The van der Waals surface area contributed by atoms with Crippen molar-refractivity contribution in [2.24, 2.45) is 0 Å². The second-order valence-electron chi connectivity index (χ2n) is 5.69. The molecule has 1 aromatic carbocycles. The van der Waals surface area contributed by atoms with Crippen LogP contribution in [0.3, 0.4) is 0 Å². The van der Waals surface area contributed by atoms with Gasteiger partial charge in [-0.1, -0.05) is 0 Å². The molecule has 0 saturated carbocycles. The van der Waals surface area contributed by atoms with Gasteiger partial charge in [-0.05, 0) is 44.9 Å². The van der Waals surface area contributed by atoms with Crippen LogP contribution in [0.5, 0.6) is 0 Å². The van der Waals surface area contributed by atoms with E-state index in [9.17, 15) is 18.3 Å². The third-order valence-electron chi connectivity index (χ3n) is 3.25. The minimum absolute atomic E-state index is 0.0804. The topological polar surface area (TPSA) is 125 Å². The van der Waals surface area contributed by atoms with E-state index >= 15 is 0 Å². The summed E-state index contributed by atoms with van der Waals surface area (Å²) in [5.41, 5.74) is 0.237. The van der Waals surface area contributed by atoms with E-state index in [1.54, 1.807) is 0 Å². The molecule has 8 nitrogen and oxygen atoms in total. The summed E-state index contributed by atoms with van der Waals surface area (Å²) in [6.07, 6.45) is 1.11. The summed E-state index contributed by atoms with van der Waals surface area (Å²) >= 11 is 0. The van der Waals surface area contributed by atoms with Crippen molar-refractivity contribution in [3.63, 3.8) is 0 Å². The fraction of sp³-hybridized carbons (Fsp3) is 0.562. The van der Waals surface area contributed by atoms with E-state index in [1.165, 1.54) is 12.1 Å². The molecule has 1 aromatic rings. The van der Waals surface area contributed by atoms with E-state index in [1.807, 2.05) is 13.8 Å². The number of ether oxygens (including phenoxy) is 1. The van der Waals surface area contributed by atoms with Gasteiger partial charge in [-0.15, -0.1) is 0 Å². The zero-order valence-electron chi connectivity index (χ0n) is 14.5. The highest BCUT2D eigenvalue weighted by Gasteiger charge is 2.18. The Kier molecular flexibility index (Phi) is 8.84. The molecule has 0 heterocycles. The minimum atomic E-state index is -3.82. The molecule has 25 heavy (non-hydrogen) atoms. The van der Waals surface area contributed by atoms with Gasteiger partial charge in [-0.25, -0.2) is 17.9 Å². The van der Waals surface area contributed by atoms with Gasteiger partial charge in [0, 0.05) is 32.0 Å². The average molecular weight is 374 g/mol. The Hall–Kier alpha value is -1.68. The van der Waals surface area contributed by atoms with Crippen molar-refractivity contribution < 1.29 is 28.2 Å². The number of benzene rings is 1. The van der Waals surface area contributed by atoms with Gasteiger partial charge >= 0.3 is 5.97 Å². The lowest BCUT2D eigenvalue weighted by atomic mass is 10.2. The molecular weight excluding hydrogens is 348 g/mol. The molecule has 0 fully saturated rings. The molecule has 9 heteroatoms. The fourth-order valence-corrected chi connectivity index (χ4v) is 3.10. The first-order chi connectivity index (χ1) is 11.8. The number of carbonyl (C=O) groups is 1. The summed E-state index contributed by atoms with van der Waals surface area (Å²) in [5, 5.41) is 21.0. The first-order valence-electron chi connectivity index (χ1n) is 8.11. The van der Waals surface area contributed by atoms with E-state index < -0.39 is 16.0 Å². The number of aliphatic hydroxyl groups is 1. The van der Waals surface area contributed by atoms with Crippen LogP contribution in [0.1, 0.15) is 37.0 Å². The number of hydrogen-bond acceptors (Lipinski definition) is 6. The summed E-state index contributed by atoms with van der Waals surface area (Å²) in [6, 6.07) is 3.91. The quantitative estimate of drug-likeness (QED) is 0.406. The van der Waals surface area contributed by atoms with Gasteiger partial charge in [0.05, 0.1) is 16.6 Å². The molecule has 4 N–H and O–H groups in total. The number of aliphatic hydroxyl groups excluding tert-OH is 1. The highest BCUT2D eigenvalue weighted by Crippen LogP contribution is 2.21. The summed E-state index contributed by atoms with van der Waals surface area (Å²) in [6.45, 7) is 4.87. The van der Waals surface area contributed by atoms with Crippen LogP contribution < -0.4 is 10.0 Å². The maximum absolute atomic E-state index is 12.1. The second-order valence-corrected chi connectivity index (χ2v) is 7.45. The van der Waals surface area contributed by atoms with Gasteiger partial charge in [0.25, 0.3) is 0 Å². The van der Waals surface area contributed by atoms with Crippen LogP contribution in [0.2, 0.25) is 0 Å². The molecule has 0 saturated heterocycles. The van der Waals surface area contributed by atoms with Gasteiger partial charge in [-0.2, -0.15) is 0 Å². The fourth-order valence-electron chi connectivity index (χ4n) is 2.00. The third-order valence-corrected chi connectivity index (χ3v) is 4.71. The number of nitrogens with one attached hydrogen (secondary N) is 2. The summed E-state index contributed by atoms with van der Waals surface area (Å²) < 4.78 is 32.0. The standard InChI is InChI=1S/C16H26N2O6S/c1-12(2)24-10-4-7-17-15-6-5-13(11-14(15)16(20)21)25(22,23)18-8-3-9-19/h5-6,11-12,17-19H,3-4,7-10H2,1-2H3,(H,20,21). The Labute approximate surface area is 148 Å². The maximum atomic E-state index is 12.1. The smallest absolute Gasteiger partial charge is 0.337 e. The van der Waals surface area contributed by atoms with Crippen LogP contribution in [-0.4, -0.2) is 57.0 Å². The highest BCUT2D eigenvalue weighted by molar-refractivity contribution is 7.89. The van der Waals surface area contributed by atoms with Crippen molar-refractivity contribution >= 4 is 21.7 Å². The first kappa shape index (κ1) is 21.4. The Morgan fingerprint density at radius 1 is 1.24 bits per heavy atom. The Morgan fingerprint density at radius 2 is 1.96 bits per heavy atom. The normalized spacial score (nSPS) is 11.7. The number of aromatic carboxylic acids is 1. The Balaban J connectivity index is 2.80. The van der Waals surface area contributed by atoms with Crippen molar-refractivity contribution in [3.05, 3.63) is 23.8 Å².